The van der Waals surface area contributed by atoms with E-state index in [9.17, 15) is 13.6 Å². The van der Waals surface area contributed by atoms with Gasteiger partial charge in [0.25, 0.3) is 0 Å². The number of carboxylic acid groups (broad SMARTS) is 1. The van der Waals surface area contributed by atoms with Gasteiger partial charge in [0.1, 0.15) is 23.0 Å². The van der Waals surface area contributed by atoms with E-state index in [0.717, 1.165) is 12.1 Å². The molecule has 128 valence electrons. The Bertz CT molecular complexity index is 732. The normalized spacial score (nSPS) is 16.5. The minimum Gasteiger partial charge on any atom is -0.481 e. The summed E-state index contributed by atoms with van der Waals surface area (Å²) in [6, 6.07) is 3.61. The number of likely N-dealkylation sites (tertiary alicyclic amines) is 1. The van der Waals surface area contributed by atoms with Gasteiger partial charge in [0.05, 0.1) is 11.6 Å². The van der Waals surface area contributed by atoms with E-state index in [0.29, 0.717) is 43.9 Å². The summed E-state index contributed by atoms with van der Waals surface area (Å²) < 4.78 is 33.1. The van der Waals surface area contributed by atoms with Crippen molar-refractivity contribution in [2.75, 3.05) is 13.1 Å². The molecule has 2 heterocycles. The van der Waals surface area contributed by atoms with Gasteiger partial charge in [-0.3, -0.25) is 9.69 Å². The van der Waals surface area contributed by atoms with Crippen LogP contribution in [0.1, 0.15) is 24.3 Å². The molecule has 0 radical (unpaired) electrons. The zero-order valence-electron chi connectivity index (χ0n) is 13.3. The molecule has 1 aliphatic heterocycles. The van der Waals surface area contributed by atoms with Crippen LogP contribution in [0.25, 0.3) is 11.5 Å². The van der Waals surface area contributed by atoms with Gasteiger partial charge in [-0.05, 0) is 45.0 Å². The van der Waals surface area contributed by atoms with Crippen LogP contribution in [0.15, 0.2) is 22.6 Å². The average Bonchev–Trinajstić information content (AvgIpc) is 2.88. The highest BCUT2D eigenvalue weighted by molar-refractivity contribution is 5.70. The quantitative estimate of drug-likeness (QED) is 0.928. The molecule has 3 rings (SSSR count). The molecule has 2 aromatic rings. The molecular weight excluding hydrogens is 318 g/mol. The molecule has 1 aromatic carbocycles. The van der Waals surface area contributed by atoms with Crippen molar-refractivity contribution in [3.05, 3.63) is 41.3 Å². The van der Waals surface area contributed by atoms with Crippen LogP contribution in [-0.4, -0.2) is 34.0 Å². The third kappa shape index (κ3) is 3.31. The number of oxazole rings is 1. The topological polar surface area (TPSA) is 66.6 Å². The number of piperidine rings is 1. The number of hydrogen-bond donors (Lipinski definition) is 1. The maximum Gasteiger partial charge on any atom is 0.306 e. The number of rotatable bonds is 4. The van der Waals surface area contributed by atoms with E-state index in [1.54, 1.807) is 6.92 Å². The van der Waals surface area contributed by atoms with E-state index >= 15 is 0 Å². The van der Waals surface area contributed by atoms with Gasteiger partial charge in [-0.25, -0.2) is 13.8 Å². The second-order valence-corrected chi connectivity index (χ2v) is 6.01. The summed E-state index contributed by atoms with van der Waals surface area (Å²) in [4.78, 5) is 17.3. The van der Waals surface area contributed by atoms with Crippen LogP contribution < -0.4 is 0 Å². The van der Waals surface area contributed by atoms with E-state index in [1.807, 2.05) is 0 Å². The van der Waals surface area contributed by atoms with Crippen LogP contribution >= 0.6 is 0 Å². The summed E-state index contributed by atoms with van der Waals surface area (Å²) in [5.74, 6) is -2.06. The monoisotopic (exact) mass is 336 g/mol. The fraction of sp³-hybridized carbons (Fsp3) is 0.412. The number of halogens is 2. The molecule has 0 amide bonds. The van der Waals surface area contributed by atoms with Crippen LogP contribution in [-0.2, 0) is 11.3 Å². The Kier molecular flexibility index (Phi) is 4.62. The highest BCUT2D eigenvalue weighted by Crippen LogP contribution is 2.28. The highest BCUT2D eigenvalue weighted by atomic mass is 19.1. The van der Waals surface area contributed by atoms with E-state index in [4.69, 9.17) is 9.52 Å². The van der Waals surface area contributed by atoms with Crippen LogP contribution in [0.3, 0.4) is 0 Å². The molecule has 1 fully saturated rings. The first kappa shape index (κ1) is 16.6. The molecule has 7 heteroatoms. The number of nitrogens with zero attached hydrogens (tertiary/aromatic N) is 2. The van der Waals surface area contributed by atoms with Gasteiger partial charge in [-0.15, -0.1) is 0 Å². The summed E-state index contributed by atoms with van der Waals surface area (Å²) >= 11 is 0. The van der Waals surface area contributed by atoms with Crippen molar-refractivity contribution in [3.63, 3.8) is 0 Å². The fourth-order valence-electron chi connectivity index (χ4n) is 2.93. The van der Waals surface area contributed by atoms with Crippen molar-refractivity contribution in [2.45, 2.75) is 26.3 Å². The first-order valence-electron chi connectivity index (χ1n) is 7.81. The fourth-order valence-corrected chi connectivity index (χ4v) is 2.93. The second kappa shape index (κ2) is 6.68. The van der Waals surface area contributed by atoms with Crippen molar-refractivity contribution in [3.8, 4) is 11.5 Å². The van der Waals surface area contributed by atoms with Gasteiger partial charge in [-0.1, -0.05) is 6.07 Å². The largest absolute Gasteiger partial charge is 0.481 e. The summed E-state index contributed by atoms with van der Waals surface area (Å²) in [7, 11) is 0. The highest BCUT2D eigenvalue weighted by Gasteiger charge is 2.26. The molecule has 1 saturated heterocycles. The third-order valence-electron chi connectivity index (χ3n) is 4.38. The molecule has 0 spiro atoms. The third-order valence-corrected chi connectivity index (χ3v) is 4.38. The number of aromatic nitrogens is 1. The molecule has 1 N–H and O–H groups in total. The van der Waals surface area contributed by atoms with Gasteiger partial charge >= 0.3 is 5.97 Å². The lowest BCUT2D eigenvalue weighted by Crippen LogP contribution is -2.36. The number of benzene rings is 1. The van der Waals surface area contributed by atoms with Crippen molar-refractivity contribution in [2.24, 2.45) is 5.92 Å². The van der Waals surface area contributed by atoms with E-state index < -0.39 is 17.6 Å². The summed E-state index contributed by atoms with van der Waals surface area (Å²) in [5, 5.41) is 9.02. The molecule has 0 bridgehead atoms. The van der Waals surface area contributed by atoms with Crippen LogP contribution in [0.4, 0.5) is 8.78 Å². The molecule has 0 atom stereocenters. The molecule has 5 nitrogen and oxygen atoms in total. The predicted molar refractivity (Wildman–Crippen MR) is 82.2 cm³/mol. The Morgan fingerprint density at radius 1 is 1.33 bits per heavy atom. The first-order chi connectivity index (χ1) is 11.5. The standard InChI is InChI=1S/C17H18F2N2O3/c1-10-14(9-21-7-5-11(6-8-21)17(22)23)20-16(24-10)15-12(18)3-2-4-13(15)19/h2-4,11H,5-9H2,1H3,(H,22,23). The Labute approximate surface area is 137 Å². The lowest BCUT2D eigenvalue weighted by molar-refractivity contribution is -0.143. The maximum atomic E-state index is 13.8. The van der Waals surface area contributed by atoms with Gasteiger partial charge < -0.3 is 9.52 Å². The van der Waals surface area contributed by atoms with Crippen LogP contribution in [0.2, 0.25) is 0 Å². The first-order valence-corrected chi connectivity index (χ1v) is 7.81. The summed E-state index contributed by atoms with van der Waals surface area (Å²) in [6.07, 6.45) is 1.17. The Hall–Kier alpha value is -2.28. The summed E-state index contributed by atoms with van der Waals surface area (Å²) in [6.45, 7) is 3.46. The zero-order chi connectivity index (χ0) is 17.3. The van der Waals surface area contributed by atoms with Crippen molar-refractivity contribution in [1.29, 1.82) is 0 Å². The second-order valence-electron chi connectivity index (χ2n) is 6.01. The van der Waals surface area contributed by atoms with Crippen molar-refractivity contribution >= 4 is 5.97 Å². The van der Waals surface area contributed by atoms with Crippen molar-refractivity contribution in [1.82, 2.24) is 9.88 Å². The lowest BCUT2D eigenvalue weighted by atomic mass is 9.97. The molecule has 1 aromatic heterocycles. The molecule has 24 heavy (non-hydrogen) atoms. The van der Waals surface area contributed by atoms with Gasteiger partial charge in [0.15, 0.2) is 0 Å². The Morgan fingerprint density at radius 2 is 1.96 bits per heavy atom. The Balaban J connectivity index is 1.75. The van der Waals surface area contributed by atoms with Gasteiger partial charge in [0.2, 0.25) is 5.89 Å². The maximum absolute atomic E-state index is 13.8. The number of carbonyl (C=O) groups is 1. The Morgan fingerprint density at radius 3 is 2.54 bits per heavy atom. The van der Waals surface area contributed by atoms with E-state index in [2.05, 4.69) is 9.88 Å². The van der Waals surface area contributed by atoms with Crippen molar-refractivity contribution < 1.29 is 23.1 Å². The molecule has 0 saturated carbocycles. The predicted octanol–water partition coefficient (Wildman–Crippen LogP) is 3.22. The SMILES string of the molecule is Cc1oc(-c2c(F)cccc2F)nc1CN1CCC(C(=O)O)CC1. The lowest BCUT2D eigenvalue weighted by Gasteiger charge is -2.29. The zero-order valence-corrected chi connectivity index (χ0v) is 13.3. The molecule has 0 unspecified atom stereocenters. The number of hydrogen-bond acceptors (Lipinski definition) is 4. The minimum atomic E-state index is -0.760. The van der Waals surface area contributed by atoms with E-state index in [1.165, 1.54) is 6.07 Å². The molecule has 1 aliphatic rings. The number of carboxylic acids is 1. The minimum absolute atomic E-state index is 0.0708. The average molecular weight is 336 g/mol. The summed E-state index contributed by atoms with van der Waals surface area (Å²) in [5.41, 5.74) is 0.345. The van der Waals surface area contributed by atoms with Gasteiger partial charge in [-0.2, -0.15) is 0 Å². The van der Waals surface area contributed by atoms with Crippen LogP contribution in [0, 0.1) is 24.5 Å². The molecular formula is C17H18F2N2O3. The number of aliphatic carboxylic acids is 1. The smallest absolute Gasteiger partial charge is 0.306 e. The number of aryl methyl sites for hydroxylation is 1. The van der Waals surface area contributed by atoms with E-state index in [-0.39, 0.29) is 17.4 Å². The van der Waals surface area contributed by atoms with Crippen LogP contribution in [0.5, 0.6) is 0 Å². The molecule has 0 aliphatic carbocycles. The van der Waals surface area contributed by atoms with Gasteiger partial charge in [0, 0.05) is 6.54 Å².